The average Bonchev–Trinajstić information content (AvgIpc) is 3.36. The molecular formula is C21H30IN5OS. The van der Waals surface area contributed by atoms with Gasteiger partial charge >= 0.3 is 0 Å². The summed E-state index contributed by atoms with van der Waals surface area (Å²) in [6, 6.07) is 8.17. The number of amides is 1. The van der Waals surface area contributed by atoms with Gasteiger partial charge < -0.3 is 15.5 Å². The Labute approximate surface area is 194 Å². The summed E-state index contributed by atoms with van der Waals surface area (Å²) in [7, 11) is 1.76. The number of anilines is 1. The highest BCUT2D eigenvalue weighted by Crippen LogP contribution is 2.27. The number of halogens is 1. The standard InChI is InChI=1S/C21H29N5OS.HI/c1-3-17-15-25-19(28-17)10-13-24-21(22-2)23-12-6-9-20(27)26-14-11-16-7-4-5-8-18(16)26;/h4-5,7-8,15H,3,6,9-14H2,1-2H3,(H2,22,23,24);1H. The van der Waals surface area contributed by atoms with Crippen molar-refractivity contribution in [1.29, 1.82) is 0 Å². The Morgan fingerprint density at radius 3 is 2.83 bits per heavy atom. The fourth-order valence-electron chi connectivity index (χ4n) is 3.31. The molecular weight excluding hydrogens is 497 g/mol. The second-order valence-electron chi connectivity index (χ2n) is 6.78. The summed E-state index contributed by atoms with van der Waals surface area (Å²) >= 11 is 1.77. The van der Waals surface area contributed by atoms with Crippen LogP contribution in [0, 0.1) is 0 Å². The second-order valence-corrected chi connectivity index (χ2v) is 7.98. The molecule has 0 radical (unpaired) electrons. The first-order valence-corrected chi connectivity index (χ1v) is 10.8. The SMILES string of the molecule is CCc1cnc(CCNC(=NC)NCCCC(=O)N2CCc3ccccc32)s1.I. The van der Waals surface area contributed by atoms with E-state index in [-0.39, 0.29) is 29.9 Å². The van der Waals surface area contributed by atoms with E-state index in [4.69, 9.17) is 0 Å². The molecule has 2 N–H and O–H groups in total. The molecule has 1 amide bonds. The van der Waals surface area contributed by atoms with Crippen molar-refractivity contribution in [2.45, 2.75) is 39.0 Å². The molecule has 6 nitrogen and oxygen atoms in total. The van der Waals surface area contributed by atoms with E-state index in [1.165, 1.54) is 10.4 Å². The number of carbonyl (C=O) groups is 1. The van der Waals surface area contributed by atoms with Gasteiger partial charge in [0.15, 0.2) is 5.96 Å². The summed E-state index contributed by atoms with van der Waals surface area (Å²) in [6.45, 7) is 4.46. The number of thiazole rings is 1. The van der Waals surface area contributed by atoms with E-state index in [0.29, 0.717) is 6.42 Å². The largest absolute Gasteiger partial charge is 0.356 e. The topological polar surface area (TPSA) is 69.6 Å². The molecule has 0 aliphatic carbocycles. The molecule has 0 saturated heterocycles. The Balaban J connectivity index is 0.00000300. The third-order valence-corrected chi connectivity index (χ3v) is 6.05. The number of rotatable bonds is 8. The number of guanidine groups is 1. The number of carbonyl (C=O) groups excluding carboxylic acids is 1. The molecule has 0 fully saturated rings. The van der Waals surface area contributed by atoms with Crippen LogP contribution in [0.25, 0.3) is 0 Å². The third-order valence-electron chi connectivity index (χ3n) is 4.85. The number of nitrogens with one attached hydrogen (secondary N) is 2. The smallest absolute Gasteiger partial charge is 0.227 e. The van der Waals surface area contributed by atoms with E-state index < -0.39 is 0 Å². The van der Waals surface area contributed by atoms with Gasteiger partial charge in [-0.25, -0.2) is 4.98 Å². The summed E-state index contributed by atoms with van der Waals surface area (Å²) in [5.41, 5.74) is 2.34. The molecule has 1 aliphatic rings. The Bertz CT molecular complexity index is 823. The van der Waals surface area contributed by atoms with Gasteiger partial charge in [-0.3, -0.25) is 9.79 Å². The fourth-order valence-corrected chi connectivity index (χ4v) is 4.18. The highest BCUT2D eigenvalue weighted by Gasteiger charge is 2.23. The molecule has 0 spiro atoms. The van der Waals surface area contributed by atoms with Gasteiger partial charge in [-0.15, -0.1) is 35.3 Å². The van der Waals surface area contributed by atoms with Crippen LogP contribution in [0.4, 0.5) is 5.69 Å². The van der Waals surface area contributed by atoms with E-state index in [0.717, 1.165) is 62.0 Å². The first kappa shape index (κ1) is 23.6. The van der Waals surface area contributed by atoms with Crippen LogP contribution < -0.4 is 15.5 Å². The number of aliphatic imine (C=N–C) groups is 1. The van der Waals surface area contributed by atoms with Crippen LogP contribution in [0.5, 0.6) is 0 Å². The maximum Gasteiger partial charge on any atom is 0.227 e. The number of aromatic nitrogens is 1. The summed E-state index contributed by atoms with van der Waals surface area (Å²) in [4.78, 5) is 24.4. The van der Waals surface area contributed by atoms with E-state index in [1.807, 2.05) is 29.3 Å². The Morgan fingerprint density at radius 2 is 2.07 bits per heavy atom. The van der Waals surface area contributed by atoms with Gasteiger partial charge in [0.25, 0.3) is 0 Å². The van der Waals surface area contributed by atoms with Crippen molar-refractivity contribution in [3.63, 3.8) is 0 Å². The van der Waals surface area contributed by atoms with Gasteiger partial charge in [0.2, 0.25) is 5.91 Å². The van der Waals surface area contributed by atoms with Crippen molar-refractivity contribution in [1.82, 2.24) is 15.6 Å². The molecule has 0 saturated carbocycles. The molecule has 0 atom stereocenters. The highest BCUT2D eigenvalue weighted by molar-refractivity contribution is 14.0. The number of aryl methyl sites for hydroxylation is 1. The molecule has 0 bridgehead atoms. The van der Waals surface area contributed by atoms with E-state index in [2.05, 4.69) is 33.6 Å². The summed E-state index contributed by atoms with van der Waals surface area (Å²) < 4.78 is 0. The first-order valence-electron chi connectivity index (χ1n) is 9.97. The highest BCUT2D eigenvalue weighted by atomic mass is 127. The molecule has 2 heterocycles. The lowest BCUT2D eigenvalue weighted by Gasteiger charge is -2.17. The van der Waals surface area contributed by atoms with Crippen molar-refractivity contribution < 1.29 is 4.79 Å². The van der Waals surface area contributed by atoms with Crippen molar-refractivity contribution in [2.75, 3.05) is 31.6 Å². The average molecular weight is 527 g/mol. The predicted octanol–water partition coefficient (Wildman–Crippen LogP) is 3.40. The minimum atomic E-state index is 0. The monoisotopic (exact) mass is 527 g/mol. The van der Waals surface area contributed by atoms with E-state index in [9.17, 15) is 4.79 Å². The van der Waals surface area contributed by atoms with Gasteiger partial charge in [0, 0.05) is 56.3 Å². The maximum absolute atomic E-state index is 12.5. The zero-order valence-corrected chi connectivity index (χ0v) is 20.3. The number of hydrogen-bond donors (Lipinski definition) is 2. The molecule has 1 aliphatic heterocycles. The van der Waals surface area contributed by atoms with Crippen molar-refractivity contribution in [3.05, 3.63) is 45.9 Å². The minimum Gasteiger partial charge on any atom is -0.356 e. The van der Waals surface area contributed by atoms with Crippen LogP contribution in [0.3, 0.4) is 0 Å². The second kappa shape index (κ2) is 12.1. The minimum absolute atomic E-state index is 0. The van der Waals surface area contributed by atoms with Crippen molar-refractivity contribution in [3.8, 4) is 0 Å². The third kappa shape index (κ3) is 6.67. The lowest BCUT2D eigenvalue weighted by atomic mass is 10.2. The maximum atomic E-state index is 12.5. The Morgan fingerprint density at radius 1 is 1.28 bits per heavy atom. The van der Waals surface area contributed by atoms with Crippen LogP contribution >= 0.6 is 35.3 Å². The van der Waals surface area contributed by atoms with Crippen LogP contribution in [-0.2, 0) is 24.1 Å². The van der Waals surface area contributed by atoms with Crippen molar-refractivity contribution >= 4 is 52.9 Å². The van der Waals surface area contributed by atoms with Crippen LogP contribution in [0.15, 0.2) is 35.5 Å². The van der Waals surface area contributed by atoms with Gasteiger partial charge in [-0.05, 0) is 30.9 Å². The predicted molar refractivity (Wildman–Crippen MR) is 132 cm³/mol. The fraction of sp³-hybridized carbons (Fsp3) is 0.476. The Kier molecular flexibility index (Phi) is 9.86. The normalized spacial score (nSPS) is 13.0. The van der Waals surface area contributed by atoms with Gasteiger partial charge in [0.1, 0.15) is 0 Å². The van der Waals surface area contributed by atoms with Crippen molar-refractivity contribution in [2.24, 2.45) is 4.99 Å². The first-order chi connectivity index (χ1) is 13.7. The lowest BCUT2D eigenvalue weighted by molar-refractivity contribution is -0.118. The molecule has 1 aromatic carbocycles. The van der Waals surface area contributed by atoms with Gasteiger partial charge in [0.05, 0.1) is 5.01 Å². The van der Waals surface area contributed by atoms with Gasteiger partial charge in [-0.2, -0.15) is 0 Å². The van der Waals surface area contributed by atoms with Crippen LogP contribution in [-0.4, -0.2) is 43.5 Å². The number of fused-ring (bicyclic) bond motifs is 1. The number of hydrogen-bond acceptors (Lipinski definition) is 4. The molecule has 8 heteroatoms. The summed E-state index contributed by atoms with van der Waals surface area (Å²) in [5, 5.41) is 7.75. The van der Waals surface area contributed by atoms with E-state index in [1.54, 1.807) is 18.4 Å². The number of benzene rings is 1. The molecule has 2 aromatic rings. The molecule has 0 unspecified atom stereocenters. The molecule has 158 valence electrons. The number of para-hydroxylation sites is 1. The molecule has 3 rings (SSSR count). The summed E-state index contributed by atoms with van der Waals surface area (Å²) in [5.74, 6) is 0.969. The number of nitrogens with zero attached hydrogens (tertiary/aromatic N) is 3. The zero-order chi connectivity index (χ0) is 19.8. The molecule has 1 aromatic heterocycles. The lowest BCUT2D eigenvalue weighted by Crippen LogP contribution is -2.39. The quantitative estimate of drug-likeness (QED) is 0.239. The van der Waals surface area contributed by atoms with Crippen LogP contribution in [0.1, 0.15) is 35.2 Å². The molecule has 29 heavy (non-hydrogen) atoms. The van der Waals surface area contributed by atoms with Gasteiger partial charge in [-0.1, -0.05) is 25.1 Å². The Hall–Kier alpha value is -1.68. The summed E-state index contributed by atoms with van der Waals surface area (Å²) in [6.07, 6.45) is 6.16. The van der Waals surface area contributed by atoms with E-state index >= 15 is 0 Å². The zero-order valence-electron chi connectivity index (χ0n) is 17.1. The van der Waals surface area contributed by atoms with Crippen LogP contribution in [0.2, 0.25) is 0 Å².